The molecule has 5 heteroatoms. The fraction of sp³-hybridized carbons (Fsp3) is 1.00. The highest BCUT2D eigenvalue weighted by Crippen LogP contribution is 2.08. The quantitative estimate of drug-likeness (QED) is 0.672. The molecule has 0 aromatic rings. The van der Waals surface area contributed by atoms with Gasteiger partial charge in [-0.1, -0.05) is 13.3 Å². The molecule has 0 fully saturated rings. The molecular formula is C8H19NO3S. The fourth-order valence-corrected chi connectivity index (χ4v) is 2.16. The molecule has 13 heavy (non-hydrogen) atoms. The highest BCUT2D eigenvalue weighted by Gasteiger charge is 2.14. The number of nitrogens with two attached hydrogens (primary N) is 1. The zero-order valence-electron chi connectivity index (χ0n) is 8.32. The summed E-state index contributed by atoms with van der Waals surface area (Å²) in [4.78, 5) is 0. The molecule has 0 heterocycles. The van der Waals surface area contributed by atoms with Crippen LogP contribution in [0.4, 0.5) is 0 Å². The average molecular weight is 209 g/mol. The van der Waals surface area contributed by atoms with Gasteiger partial charge in [-0.2, -0.15) is 0 Å². The van der Waals surface area contributed by atoms with Crippen molar-refractivity contribution >= 4 is 10.0 Å². The zero-order chi connectivity index (χ0) is 10.3. The van der Waals surface area contributed by atoms with Crippen molar-refractivity contribution in [1.82, 2.24) is 0 Å². The lowest BCUT2D eigenvalue weighted by Gasteiger charge is -2.13. The Morgan fingerprint density at radius 3 is 2.38 bits per heavy atom. The molecule has 80 valence electrons. The summed E-state index contributed by atoms with van der Waals surface area (Å²) in [6, 6.07) is 0. The SMILES string of the molecule is CCCC(COCC)CS(N)(=O)=O. The van der Waals surface area contributed by atoms with Crippen molar-refractivity contribution in [1.29, 1.82) is 0 Å². The van der Waals surface area contributed by atoms with E-state index >= 15 is 0 Å². The van der Waals surface area contributed by atoms with Gasteiger partial charge in [0.1, 0.15) is 0 Å². The Balaban J connectivity index is 3.94. The third kappa shape index (κ3) is 8.21. The van der Waals surface area contributed by atoms with Crippen molar-refractivity contribution in [3.63, 3.8) is 0 Å². The first kappa shape index (κ1) is 12.9. The number of hydrogen-bond acceptors (Lipinski definition) is 3. The van der Waals surface area contributed by atoms with Crippen LogP contribution in [0.3, 0.4) is 0 Å². The number of ether oxygens (including phenoxy) is 1. The van der Waals surface area contributed by atoms with E-state index in [4.69, 9.17) is 9.88 Å². The summed E-state index contributed by atoms with van der Waals surface area (Å²) in [5.41, 5.74) is 0. The molecule has 0 aliphatic rings. The van der Waals surface area contributed by atoms with Crippen molar-refractivity contribution in [3.8, 4) is 0 Å². The summed E-state index contributed by atoms with van der Waals surface area (Å²) in [6.07, 6.45) is 1.80. The number of rotatable bonds is 7. The van der Waals surface area contributed by atoms with Crippen molar-refractivity contribution in [2.45, 2.75) is 26.7 Å². The van der Waals surface area contributed by atoms with Crippen LogP contribution in [-0.4, -0.2) is 27.4 Å². The second kappa shape index (κ2) is 6.34. The van der Waals surface area contributed by atoms with E-state index in [-0.39, 0.29) is 11.7 Å². The first-order chi connectivity index (χ1) is 5.99. The Morgan fingerprint density at radius 2 is 2.00 bits per heavy atom. The standard InChI is InChI=1S/C8H19NO3S/c1-3-5-8(6-12-4-2)7-13(9,10)11/h8H,3-7H2,1-2H3,(H2,9,10,11). The van der Waals surface area contributed by atoms with Gasteiger partial charge in [-0.15, -0.1) is 0 Å². The summed E-state index contributed by atoms with van der Waals surface area (Å²) < 4.78 is 26.8. The maximum absolute atomic E-state index is 10.8. The zero-order valence-corrected chi connectivity index (χ0v) is 9.14. The molecule has 0 aliphatic heterocycles. The number of primary sulfonamides is 1. The molecule has 2 N–H and O–H groups in total. The van der Waals surface area contributed by atoms with Crippen LogP contribution in [0.1, 0.15) is 26.7 Å². The van der Waals surface area contributed by atoms with Crippen LogP contribution < -0.4 is 5.14 Å². The summed E-state index contributed by atoms with van der Waals surface area (Å²) in [5.74, 6) is 0.0702. The highest BCUT2D eigenvalue weighted by atomic mass is 32.2. The van der Waals surface area contributed by atoms with Crippen LogP contribution in [0.2, 0.25) is 0 Å². The van der Waals surface area contributed by atoms with E-state index in [2.05, 4.69) is 0 Å². The molecule has 0 aromatic heterocycles. The molecule has 0 amide bonds. The number of sulfonamides is 1. The van der Waals surface area contributed by atoms with Gasteiger partial charge in [0, 0.05) is 6.61 Å². The number of hydrogen-bond donors (Lipinski definition) is 1. The molecule has 0 aromatic carbocycles. The van der Waals surface area contributed by atoms with Crippen molar-refractivity contribution in [3.05, 3.63) is 0 Å². The van der Waals surface area contributed by atoms with E-state index in [9.17, 15) is 8.42 Å². The van der Waals surface area contributed by atoms with Crippen LogP contribution in [0.25, 0.3) is 0 Å². The Bertz CT molecular complexity index is 213. The van der Waals surface area contributed by atoms with Gasteiger partial charge in [-0.25, -0.2) is 13.6 Å². The monoisotopic (exact) mass is 209 g/mol. The Kier molecular flexibility index (Phi) is 6.28. The van der Waals surface area contributed by atoms with E-state index in [0.717, 1.165) is 12.8 Å². The van der Waals surface area contributed by atoms with Crippen molar-refractivity contribution in [2.75, 3.05) is 19.0 Å². The van der Waals surface area contributed by atoms with E-state index in [1.807, 2.05) is 13.8 Å². The molecule has 0 spiro atoms. The summed E-state index contributed by atoms with van der Waals surface area (Å²) in [7, 11) is -3.36. The largest absolute Gasteiger partial charge is 0.381 e. The van der Waals surface area contributed by atoms with Crippen LogP contribution >= 0.6 is 0 Å². The van der Waals surface area contributed by atoms with E-state index in [1.165, 1.54) is 0 Å². The van der Waals surface area contributed by atoms with Crippen molar-refractivity contribution < 1.29 is 13.2 Å². The first-order valence-corrected chi connectivity index (χ1v) is 6.29. The first-order valence-electron chi connectivity index (χ1n) is 4.57. The van der Waals surface area contributed by atoms with E-state index in [0.29, 0.717) is 13.2 Å². The minimum absolute atomic E-state index is 0.0286. The maximum atomic E-state index is 10.8. The molecule has 0 saturated carbocycles. The van der Waals surface area contributed by atoms with Gasteiger partial charge in [-0.3, -0.25) is 0 Å². The van der Waals surface area contributed by atoms with Gasteiger partial charge < -0.3 is 4.74 Å². The molecule has 0 rings (SSSR count). The van der Waals surface area contributed by atoms with Crippen LogP contribution in [0.15, 0.2) is 0 Å². The molecule has 0 saturated heterocycles. The van der Waals surface area contributed by atoms with Crippen molar-refractivity contribution in [2.24, 2.45) is 11.1 Å². The molecule has 0 radical (unpaired) electrons. The molecule has 0 aliphatic carbocycles. The molecule has 4 nitrogen and oxygen atoms in total. The fourth-order valence-electron chi connectivity index (χ4n) is 1.24. The lowest BCUT2D eigenvalue weighted by molar-refractivity contribution is 0.114. The van der Waals surface area contributed by atoms with Crippen LogP contribution in [0.5, 0.6) is 0 Å². The maximum Gasteiger partial charge on any atom is 0.209 e. The lowest BCUT2D eigenvalue weighted by Crippen LogP contribution is -2.26. The molecule has 1 atom stereocenters. The smallest absolute Gasteiger partial charge is 0.209 e. The predicted octanol–water partition coefficient (Wildman–Crippen LogP) is 0.728. The normalized spacial score (nSPS) is 14.4. The van der Waals surface area contributed by atoms with E-state index < -0.39 is 10.0 Å². The van der Waals surface area contributed by atoms with E-state index in [1.54, 1.807) is 0 Å². The summed E-state index contributed by atoms with van der Waals surface area (Å²) >= 11 is 0. The second-order valence-electron chi connectivity index (χ2n) is 3.14. The van der Waals surface area contributed by atoms with Crippen LogP contribution in [-0.2, 0) is 14.8 Å². The minimum Gasteiger partial charge on any atom is -0.381 e. The third-order valence-corrected chi connectivity index (χ3v) is 2.66. The van der Waals surface area contributed by atoms with Gasteiger partial charge in [-0.05, 0) is 19.3 Å². The highest BCUT2D eigenvalue weighted by molar-refractivity contribution is 7.89. The molecule has 1 unspecified atom stereocenters. The predicted molar refractivity (Wildman–Crippen MR) is 52.9 cm³/mol. The second-order valence-corrected chi connectivity index (χ2v) is 4.80. The third-order valence-electron chi connectivity index (χ3n) is 1.72. The van der Waals surface area contributed by atoms with Gasteiger partial charge >= 0.3 is 0 Å². The Morgan fingerprint density at radius 1 is 1.38 bits per heavy atom. The van der Waals surface area contributed by atoms with Crippen LogP contribution in [0, 0.1) is 5.92 Å². The van der Waals surface area contributed by atoms with Gasteiger partial charge in [0.25, 0.3) is 0 Å². The Hall–Kier alpha value is -0.130. The van der Waals surface area contributed by atoms with Gasteiger partial charge in [0.15, 0.2) is 0 Å². The molecular weight excluding hydrogens is 190 g/mol. The summed E-state index contributed by atoms with van der Waals surface area (Å²) in [6.45, 7) is 5.01. The average Bonchev–Trinajstić information content (AvgIpc) is 1.98. The van der Waals surface area contributed by atoms with Gasteiger partial charge in [0.2, 0.25) is 10.0 Å². The molecule has 0 bridgehead atoms. The Labute approximate surface area is 80.5 Å². The van der Waals surface area contributed by atoms with Gasteiger partial charge in [0.05, 0.1) is 12.4 Å². The summed E-state index contributed by atoms with van der Waals surface area (Å²) in [5, 5.41) is 4.96. The topological polar surface area (TPSA) is 69.4 Å². The lowest BCUT2D eigenvalue weighted by atomic mass is 10.1. The minimum atomic E-state index is -3.36.